The second-order valence-corrected chi connectivity index (χ2v) is 10.8. The highest BCUT2D eigenvalue weighted by Crippen LogP contribution is 2.33. The summed E-state index contributed by atoms with van der Waals surface area (Å²) in [6.45, 7) is 1.18. The monoisotopic (exact) mass is 496 g/mol. The van der Waals surface area contributed by atoms with Gasteiger partial charge in [0.15, 0.2) is 5.78 Å². The first-order chi connectivity index (χ1) is 15.3. The van der Waals surface area contributed by atoms with Crippen LogP contribution in [0.1, 0.15) is 48.9 Å². The second-order valence-electron chi connectivity index (χ2n) is 8.31. The summed E-state index contributed by atoms with van der Waals surface area (Å²) in [5, 5.41) is 2.30. The highest BCUT2D eigenvalue weighted by Gasteiger charge is 2.30. The fourth-order valence-electron chi connectivity index (χ4n) is 3.91. The van der Waals surface area contributed by atoms with Crippen LogP contribution in [-0.4, -0.2) is 38.4 Å². The quantitative estimate of drug-likeness (QED) is 0.365. The molecule has 1 unspecified atom stereocenters. The van der Waals surface area contributed by atoms with Gasteiger partial charge in [-0.15, -0.1) is 4.83 Å². The molecule has 0 spiro atoms. The van der Waals surface area contributed by atoms with Crippen LogP contribution in [0.5, 0.6) is 5.75 Å². The minimum atomic E-state index is -3.73. The molecule has 2 aromatic carbocycles. The lowest BCUT2D eigenvalue weighted by Crippen LogP contribution is -2.45. The summed E-state index contributed by atoms with van der Waals surface area (Å²) in [4.78, 5) is 14.8. The molecule has 0 bridgehead atoms. The van der Waals surface area contributed by atoms with E-state index in [1.54, 1.807) is 5.01 Å². The van der Waals surface area contributed by atoms with E-state index in [4.69, 9.17) is 27.9 Å². The van der Waals surface area contributed by atoms with Crippen molar-refractivity contribution in [3.05, 3.63) is 58.1 Å². The van der Waals surface area contributed by atoms with E-state index in [-0.39, 0.29) is 27.7 Å². The SMILES string of the molecule is O=C(c1ccc(OCCCC2CCCN2NS(=O)(=O)c2ccc(Cl)c(Cl)c2)cc1)C1CC1. The van der Waals surface area contributed by atoms with Crippen LogP contribution in [0.4, 0.5) is 0 Å². The summed E-state index contributed by atoms with van der Waals surface area (Å²) in [5.41, 5.74) is 0.746. The van der Waals surface area contributed by atoms with Crippen LogP contribution in [0, 0.1) is 5.92 Å². The first-order valence-electron chi connectivity index (χ1n) is 10.8. The Morgan fingerprint density at radius 2 is 1.81 bits per heavy atom. The summed E-state index contributed by atoms with van der Waals surface area (Å²) in [5.74, 6) is 1.17. The smallest absolute Gasteiger partial charge is 0.253 e. The average Bonchev–Trinajstić information content (AvgIpc) is 3.54. The molecule has 32 heavy (non-hydrogen) atoms. The Morgan fingerprint density at radius 3 is 2.50 bits per heavy atom. The molecule has 1 aliphatic heterocycles. The van der Waals surface area contributed by atoms with Crippen molar-refractivity contribution in [2.45, 2.75) is 49.5 Å². The molecule has 1 atom stereocenters. The Labute approximate surface area is 198 Å². The predicted octanol–water partition coefficient (Wildman–Crippen LogP) is 5.10. The third-order valence-electron chi connectivity index (χ3n) is 5.85. The maximum atomic E-state index is 12.7. The number of sulfonamides is 1. The largest absolute Gasteiger partial charge is 0.494 e. The Bertz CT molecular complexity index is 1070. The molecule has 1 heterocycles. The van der Waals surface area contributed by atoms with Gasteiger partial charge in [0.2, 0.25) is 0 Å². The zero-order valence-corrected chi connectivity index (χ0v) is 19.9. The molecule has 1 aliphatic carbocycles. The molecule has 2 aromatic rings. The zero-order chi connectivity index (χ0) is 22.7. The van der Waals surface area contributed by atoms with Gasteiger partial charge < -0.3 is 4.74 Å². The lowest BCUT2D eigenvalue weighted by Gasteiger charge is -2.25. The lowest BCUT2D eigenvalue weighted by atomic mass is 10.1. The van der Waals surface area contributed by atoms with Crippen LogP contribution in [0.15, 0.2) is 47.4 Å². The molecule has 172 valence electrons. The summed E-state index contributed by atoms with van der Waals surface area (Å²) in [6.07, 6.45) is 5.44. The van der Waals surface area contributed by atoms with Gasteiger partial charge in [0.05, 0.1) is 21.5 Å². The average molecular weight is 497 g/mol. The molecule has 1 saturated heterocycles. The van der Waals surface area contributed by atoms with Crippen LogP contribution in [0.25, 0.3) is 0 Å². The number of carbonyl (C=O) groups excluding carboxylic acids is 1. The van der Waals surface area contributed by atoms with E-state index < -0.39 is 10.0 Å². The van der Waals surface area contributed by atoms with Gasteiger partial charge >= 0.3 is 0 Å². The van der Waals surface area contributed by atoms with E-state index in [0.29, 0.717) is 18.2 Å². The Morgan fingerprint density at radius 1 is 1.06 bits per heavy atom. The number of nitrogens with one attached hydrogen (secondary N) is 1. The number of carbonyl (C=O) groups is 1. The van der Waals surface area contributed by atoms with Crippen molar-refractivity contribution < 1.29 is 17.9 Å². The van der Waals surface area contributed by atoms with E-state index in [1.807, 2.05) is 24.3 Å². The van der Waals surface area contributed by atoms with Crippen molar-refractivity contribution in [2.75, 3.05) is 13.2 Å². The molecule has 2 aliphatic rings. The maximum Gasteiger partial charge on any atom is 0.253 e. The number of ketones is 1. The van der Waals surface area contributed by atoms with E-state index in [2.05, 4.69) is 4.83 Å². The van der Waals surface area contributed by atoms with Crippen LogP contribution < -0.4 is 9.57 Å². The highest BCUT2D eigenvalue weighted by molar-refractivity contribution is 7.89. The third kappa shape index (κ3) is 5.83. The van der Waals surface area contributed by atoms with E-state index >= 15 is 0 Å². The standard InChI is InChI=1S/C23H26Cl2N2O4S/c24-21-12-11-20(15-22(21)25)32(29,30)26-27-13-1-3-18(27)4-2-14-31-19-9-7-17(8-10-19)23(28)16-5-6-16/h7-12,15-16,18,26H,1-6,13-14H2. The summed E-state index contributed by atoms with van der Waals surface area (Å²) in [6, 6.07) is 11.7. The first-order valence-corrected chi connectivity index (χ1v) is 13.1. The molecular formula is C23H26Cl2N2O4S. The van der Waals surface area contributed by atoms with Gasteiger partial charge in [-0.2, -0.15) is 0 Å². The second kappa shape index (κ2) is 10.1. The molecule has 2 fully saturated rings. The number of hydrogen-bond acceptors (Lipinski definition) is 5. The number of rotatable bonds is 10. The molecule has 9 heteroatoms. The van der Waals surface area contributed by atoms with Gasteiger partial charge in [-0.1, -0.05) is 23.2 Å². The minimum absolute atomic E-state index is 0.0875. The molecule has 6 nitrogen and oxygen atoms in total. The van der Waals surface area contributed by atoms with E-state index in [0.717, 1.165) is 49.8 Å². The van der Waals surface area contributed by atoms with Crippen molar-refractivity contribution in [2.24, 2.45) is 5.92 Å². The van der Waals surface area contributed by atoms with Crippen LogP contribution in [0.3, 0.4) is 0 Å². The van der Waals surface area contributed by atoms with Gasteiger partial charge in [-0.25, -0.2) is 13.4 Å². The molecule has 0 radical (unpaired) electrons. The van der Waals surface area contributed by atoms with Crippen molar-refractivity contribution in [1.82, 2.24) is 9.84 Å². The van der Waals surface area contributed by atoms with Crippen LogP contribution >= 0.6 is 23.2 Å². The van der Waals surface area contributed by atoms with Gasteiger partial charge in [-0.05, 0) is 81.0 Å². The highest BCUT2D eigenvalue weighted by atomic mass is 35.5. The fourth-order valence-corrected chi connectivity index (χ4v) is 5.45. The Balaban J connectivity index is 1.25. The number of Topliss-reactive ketones (excluding diaryl/α,β-unsaturated/α-hetero) is 1. The van der Waals surface area contributed by atoms with Crippen molar-refractivity contribution in [3.63, 3.8) is 0 Å². The molecule has 0 aromatic heterocycles. The number of ether oxygens (including phenoxy) is 1. The van der Waals surface area contributed by atoms with Crippen molar-refractivity contribution >= 4 is 39.0 Å². The fraction of sp³-hybridized carbons (Fsp3) is 0.435. The molecule has 1 saturated carbocycles. The number of nitrogens with zero attached hydrogens (tertiary/aromatic N) is 1. The number of hydrogen-bond donors (Lipinski definition) is 1. The van der Waals surface area contributed by atoms with Crippen LogP contribution in [-0.2, 0) is 10.0 Å². The number of benzene rings is 2. The van der Waals surface area contributed by atoms with E-state index in [9.17, 15) is 13.2 Å². The molecular weight excluding hydrogens is 471 g/mol. The number of hydrazine groups is 1. The first kappa shape index (κ1) is 23.5. The van der Waals surface area contributed by atoms with Gasteiger partial charge in [0.1, 0.15) is 5.75 Å². The Hall–Kier alpha value is -1.64. The summed E-state index contributed by atoms with van der Waals surface area (Å²) < 4.78 is 31.3. The minimum Gasteiger partial charge on any atom is -0.494 e. The number of halogens is 2. The summed E-state index contributed by atoms with van der Waals surface area (Å²) >= 11 is 11.9. The topological polar surface area (TPSA) is 75.7 Å². The van der Waals surface area contributed by atoms with Gasteiger partial charge in [0, 0.05) is 24.1 Å². The van der Waals surface area contributed by atoms with E-state index in [1.165, 1.54) is 18.2 Å². The van der Waals surface area contributed by atoms with Gasteiger partial charge in [0.25, 0.3) is 10.0 Å². The molecule has 1 N–H and O–H groups in total. The predicted molar refractivity (Wildman–Crippen MR) is 125 cm³/mol. The normalized spacial score (nSPS) is 19.2. The molecule has 0 amide bonds. The van der Waals surface area contributed by atoms with Crippen LogP contribution in [0.2, 0.25) is 10.0 Å². The van der Waals surface area contributed by atoms with Crippen molar-refractivity contribution in [3.8, 4) is 5.75 Å². The Kier molecular flexibility index (Phi) is 7.42. The third-order valence-corrected chi connectivity index (χ3v) is 7.94. The maximum absolute atomic E-state index is 12.7. The van der Waals surface area contributed by atoms with Gasteiger partial charge in [-0.3, -0.25) is 4.79 Å². The molecule has 4 rings (SSSR count). The lowest BCUT2D eigenvalue weighted by molar-refractivity contribution is 0.0967. The zero-order valence-electron chi connectivity index (χ0n) is 17.6. The van der Waals surface area contributed by atoms with Crippen molar-refractivity contribution in [1.29, 1.82) is 0 Å². The summed E-state index contributed by atoms with van der Waals surface area (Å²) in [7, 11) is -3.73.